The predicted octanol–water partition coefficient (Wildman–Crippen LogP) is 4.41. The number of rotatable bonds is 5. The number of carbonyl (C=O) groups excluding carboxylic acids is 2. The molecule has 0 spiro atoms. The highest BCUT2D eigenvalue weighted by Crippen LogP contribution is 2.34. The van der Waals surface area contributed by atoms with Crippen LogP contribution < -0.4 is 15.4 Å². The number of benzene rings is 2. The molecule has 1 aliphatic heterocycles. The summed E-state index contributed by atoms with van der Waals surface area (Å²) < 4.78 is 5.58. The van der Waals surface area contributed by atoms with Crippen molar-refractivity contribution in [2.24, 2.45) is 0 Å². The van der Waals surface area contributed by atoms with Gasteiger partial charge in [-0.3, -0.25) is 9.59 Å². The number of nitrogens with zero attached hydrogens (tertiary/aromatic N) is 1. The zero-order chi connectivity index (χ0) is 20.4. The van der Waals surface area contributed by atoms with Gasteiger partial charge >= 0.3 is 0 Å². The Bertz CT molecular complexity index is 1060. The van der Waals surface area contributed by atoms with Crippen molar-refractivity contribution in [3.05, 3.63) is 59.0 Å². The number of fused-ring (bicyclic) bond motifs is 1. The molecule has 7 heteroatoms. The maximum atomic E-state index is 12.2. The average molecular weight is 407 g/mol. The standard InChI is InChI=1S/C22H21N3O3S/c1-13-3-5-15(6-4-13)7-10-20(26)25-22-24-18(12-29-22)16-8-9-19-17(11-16)23-21(27)14(2)28-19/h3-6,8-9,11-12,14H,7,10H2,1-2H3,(H,23,27)(H,24,25,26)/t14-/m1/s1. The number of nitrogens with one attached hydrogen (secondary N) is 2. The quantitative estimate of drug-likeness (QED) is 0.657. The van der Waals surface area contributed by atoms with E-state index >= 15 is 0 Å². The third-order valence-electron chi connectivity index (χ3n) is 4.72. The first-order valence-electron chi connectivity index (χ1n) is 9.41. The number of aryl methyl sites for hydroxylation is 2. The van der Waals surface area contributed by atoms with Gasteiger partial charge in [0.1, 0.15) is 5.75 Å². The third kappa shape index (κ3) is 4.46. The monoisotopic (exact) mass is 407 g/mol. The second-order valence-electron chi connectivity index (χ2n) is 7.03. The first-order valence-corrected chi connectivity index (χ1v) is 10.3. The lowest BCUT2D eigenvalue weighted by atomic mass is 10.1. The van der Waals surface area contributed by atoms with E-state index in [4.69, 9.17) is 4.74 Å². The van der Waals surface area contributed by atoms with E-state index in [9.17, 15) is 9.59 Å². The summed E-state index contributed by atoms with van der Waals surface area (Å²) in [6.45, 7) is 3.75. The van der Waals surface area contributed by atoms with Crippen molar-refractivity contribution in [3.63, 3.8) is 0 Å². The van der Waals surface area contributed by atoms with Crippen LogP contribution in [0.2, 0.25) is 0 Å². The Kier molecular flexibility index (Phi) is 5.31. The number of amides is 2. The van der Waals surface area contributed by atoms with Crippen molar-refractivity contribution in [1.82, 2.24) is 4.98 Å². The van der Waals surface area contributed by atoms with E-state index < -0.39 is 6.10 Å². The molecule has 0 aliphatic carbocycles. The molecule has 4 rings (SSSR count). The molecular weight excluding hydrogens is 386 g/mol. The van der Waals surface area contributed by atoms with Gasteiger partial charge in [0.15, 0.2) is 11.2 Å². The topological polar surface area (TPSA) is 80.3 Å². The lowest BCUT2D eigenvalue weighted by molar-refractivity contribution is -0.122. The summed E-state index contributed by atoms with van der Waals surface area (Å²) in [5.41, 5.74) is 4.55. The molecule has 2 heterocycles. The molecule has 2 amide bonds. The zero-order valence-electron chi connectivity index (χ0n) is 16.2. The van der Waals surface area contributed by atoms with Crippen molar-refractivity contribution < 1.29 is 14.3 Å². The molecule has 1 aliphatic rings. The zero-order valence-corrected chi connectivity index (χ0v) is 17.0. The summed E-state index contributed by atoms with van der Waals surface area (Å²) in [6.07, 6.45) is 0.584. The summed E-state index contributed by atoms with van der Waals surface area (Å²) in [7, 11) is 0. The second-order valence-corrected chi connectivity index (χ2v) is 7.89. The Hall–Kier alpha value is -3.19. The summed E-state index contributed by atoms with van der Waals surface area (Å²) in [5, 5.41) is 8.14. The van der Waals surface area contributed by atoms with E-state index in [0.717, 1.165) is 16.8 Å². The van der Waals surface area contributed by atoms with Crippen LogP contribution in [0.25, 0.3) is 11.3 Å². The predicted molar refractivity (Wildman–Crippen MR) is 114 cm³/mol. The molecule has 0 bridgehead atoms. The first kappa shape index (κ1) is 19.1. The van der Waals surface area contributed by atoms with Crippen LogP contribution >= 0.6 is 11.3 Å². The average Bonchev–Trinajstić information content (AvgIpc) is 3.16. The van der Waals surface area contributed by atoms with Crippen LogP contribution in [-0.2, 0) is 16.0 Å². The highest BCUT2D eigenvalue weighted by Gasteiger charge is 2.23. The van der Waals surface area contributed by atoms with E-state index in [1.807, 2.05) is 54.8 Å². The Morgan fingerprint density at radius 2 is 2.03 bits per heavy atom. The molecule has 2 N–H and O–H groups in total. The van der Waals surface area contributed by atoms with Crippen molar-refractivity contribution in [1.29, 1.82) is 0 Å². The van der Waals surface area contributed by atoms with Gasteiger partial charge in [-0.1, -0.05) is 29.8 Å². The first-order chi connectivity index (χ1) is 14.0. The molecule has 0 unspecified atom stereocenters. The molecule has 6 nitrogen and oxygen atoms in total. The Labute approximate surface area is 172 Å². The van der Waals surface area contributed by atoms with Gasteiger partial charge < -0.3 is 15.4 Å². The Morgan fingerprint density at radius 3 is 2.83 bits per heavy atom. The van der Waals surface area contributed by atoms with Crippen LogP contribution in [0.15, 0.2) is 47.8 Å². The smallest absolute Gasteiger partial charge is 0.265 e. The summed E-state index contributed by atoms with van der Waals surface area (Å²) in [4.78, 5) is 28.6. The second kappa shape index (κ2) is 8.05. The molecule has 0 fully saturated rings. The number of aromatic nitrogens is 1. The molecular formula is C22H21N3O3S. The van der Waals surface area contributed by atoms with E-state index in [2.05, 4.69) is 15.6 Å². The molecule has 0 saturated carbocycles. The van der Waals surface area contributed by atoms with E-state index in [1.54, 1.807) is 6.92 Å². The van der Waals surface area contributed by atoms with Gasteiger partial charge in [0, 0.05) is 17.4 Å². The summed E-state index contributed by atoms with van der Waals surface area (Å²) >= 11 is 1.37. The molecule has 2 aromatic carbocycles. The van der Waals surface area contributed by atoms with Crippen LogP contribution in [0.1, 0.15) is 24.5 Å². The molecule has 29 heavy (non-hydrogen) atoms. The minimum atomic E-state index is -0.505. The van der Waals surface area contributed by atoms with E-state index in [-0.39, 0.29) is 11.8 Å². The largest absolute Gasteiger partial charge is 0.479 e. The van der Waals surface area contributed by atoms with Gasteiger partial charge in [0.25, 0.3) is 5.91 Å². The number of ether oxygens (including phenoxy) is 1. The lowest BCUT2D eigenvalue weighted by Gasteiger charge is -2.23. The molecule has 0 radical (unpaired) electrons. The highest BCUT2D eigenvalue weighted by atomic mass is 32.1. The number of carbonyl (C=O) groups is 2. The van der Waals surface area contributed by atoms with Crippen LogP contribution in [-0.4, -0.2) is 22.9 Å². The van der Waals surface area contributed by atoms with Crippen molar-refractivity contribution in [2.45, 2.75) is 32.8 Å². The molecule has 0 saturated heterocycles. The molecule has 1 aromatic heterocycles. The van der Waals surface area contributed by atoms with Gasteiger partial charge in [-0.25, -0.2) is 4.98 Å². The maximum absolute atomic E-state index is 12.2. The minimum absolute atomic E-state index is 0.0634. The number of hydrogen-bond donors (Lipinski definition) is 2. The van der Waals surface area contributed by atoms with Crippen molar-refractivity contribution in [3.8, 4) is 17.0 Å². The minimum Gasteiger partial charge on any atom is -0.479 e. The van der Waals surface area contributed by atoms with Gasteiger partial charge in [-0.2, -0.15) is 0 Å². The van der Waals surface area contributed by atoms with Crippen LogP contribution in [0.4, 0.5) is 10.8 Å². The van der Waals surface area contributed by atoms with Crippen LogP contribution in [0.3, 0.4) is 0 Å². The van der Waals surface area contributed by atoms with E-state index in [0.29, 0.717) is 29.4 Å². The Balaban J connectivity index is 1.39. The number of anilines is 2. The van der Waals surface area contributed by atoms with Gasteiger partial charge in [0.2, 0.25) is 5.91 Å². The number of hydrogen-bond acceptors (Lipinski definition) is 5. The third-order valence-corrected chi connectivity index (χ3v) is 5.48. The fourth-order valence-electron chi connectivity index (χ4n) is 3.03. The fourth-order valence-corrected chi connectivity index (χ4v) is 3.76. The van der Waals surface area contributed by atoms with Crippen molar-refractivity contribution in [2.75, 3.05) is 10.6 Å². The van der Waals surface area contributed by atoms with Crippen molar-refractivity contribution >= 4 is 34.0 Å². The number of thiazole rings is 1. The summed E-state index contributed by atoms with van der Waals surface area (Å²) in [6, 6.07) is 13.7. The molecule has 3 aromatic rings. The van der Waals surface area contributed by atoms with Gasteiger partial charge in [-0.05, 0) is 44.0 Å². The Morgan fingerprint density at radius 1 is 1.24 bits per heavy atom. The van der Waals surface area contributed by atoms with Gasteiger partial charge in [-0.15, -0.1) is 11.3 Å². The van der Waals surface area contributed by atoms with Crippen LogP contribution in [0, 0.1) is 6.92 Å². The normalized spacial score (nSPS) is 15.2. The summed E-state index contributed by atoms with van der Waals surface area (Å²) in [5.74, 6) is 0.404. The van der Waals surface area contributed by atoms with E-state index in [1.165, 1.54) is 16.9 Å². The fraction of sp³-hybridized carbons (Fsp3) is 0.227. The van der Waals surface area contributed by atoms with Crippen LogP contribution in [0.5, 0.6) is 5.75 Å². The van der Waals surface area contributed by atoms with Gasteiger partial charge in [0.05, 0.1) is 11.4 Å². The highest BCUT2D eigenvalue weighted by molar-refractivity contribution is 7.14. The maximum Gasteiger partial charge on any atom is 0.265 e. The lowest BCUT2D eigenvalue weighted by Crippen LogP contribution is -2.34. The molecule has 1 atom stereocenters. The molecule has 148 valence electrons. The SMILES string of the molecule is Cc1ccc(CCC(=O)Nc2nc(-c3ccc4c(c3)NC(=O)[C@@H](C)O4)cs2)cc1.